The van der Waals surface area contributed by atoms with Crippen LogP contribution in [0.15, 0.2) is 59.8 Å². The molecule has 1 unspecified atom stereocenters. The monoisotopic (exact) mass is 438 g/mol. The first-order chi connectivity index (χ1) is 15.2. The summed E-state index contributed by atoms with van der Waals surface area (Å²) < 4.78 is 15.3. The van der Waals surface area contributed by atoms with E-state index in [0.29, 0.717) is 18.9 Å². The predicted octanol–water partition coefficient (Wildman–Crippen LogP) is 4.76. The molecule has 1 aliphatic carbocycles. The quantitative estimate of drug-likeness (QED) is 0.515. The van der Waals surface area contributed by atoms with Crippen molar-refractivity contribution in [3.05, 3.63) is 71.8 Å². The lowest BCUT2D eigenvalue weighted by atomic mass is 9.84. The van der Waals surface area contributed by atoms with Gasteiger partial charge in [-0.25, -0.2) is 4.39 Å². The first-order valence-corrected chi connectivity index (χ1v) is 12.0. The molecule has 1 aliphatic rings. The van der Waals surface area contributed by atoms with Crippen LogP contribution in [0.2, 0.25) is 0 Å². The molecule has 3 aromatic rings. The van der Waals surface area contributed by atoms with Crippen LogP contribution in [0.4, 0.5) is 4.39 Å². The number of carbonyl (C=O) groups excluding carboxylic acids is 1. The number of nitrogens with zero attached hydrogens (tertiary/aromatic N) is 3. The molecule has 1 atom stereocenters. The largest absolute Gasteiger partial charge is 0.355 e. The lowest BCUT2D eigenvalue weighted by molar-refractivity contribution is -0.123. The minimum absolute atomic E-state index is 0.0797. The normalized spacial score (nSPS) is 15.2. The molecule has 0 bridgehead atoms. The Morgan fingerprint density at radius 3 is 2.52 bits per heavy atom. The molecule has 2 aromatic carbocycles. The van der Waals surface area contributed by atoms with Crippen LogP contribution in [0, 0.1) is 11.7 Å². The van der Waals surface area contributed by atoms with Crippen LogP contribution >= 0.6 is 11.8 Å². The van der Waals surface area contributed by atoms with Crippen molar-refractivity contribution in [2.75, 3.05) is 12.8 Å². The number of thioether (sulfide) groups is 1. The number of nitrogens with one attached hydrogen (secondary N) is 1. The van der Waals surface area contributed by atoms with E-state index >= 15 is 0 Å². The molecule has 1 aromatic heterocycles. The van der Waals surface area contributed by atoms with E-state index in [4.69, 9.17) is 0 Å². The van der Waals surface area contributed by atoms with Crippen LogP contribution in [0.1, 0.15) is 43.0 Å². The zero-order valence-electron chi connectivity index (χ0n) is 17.6. The van der Waals surface area contributed by atoms with Gasteiger partial charge in [-0.2, -0.15) is 0 Å². The highest BCUT2D eigenvalue weighted by Gasteiger charge is 2.31. The Hall–Kier alpha value is -2.67. The molecule has 0 radical (unpaired) electrons. The van der Waals surface area contributed by atoms with Crippen LogP contribution in [-0.4, -0.2) is 33.5 Å². The first-order valence-electron chi connectivity index (χ1n) is 10.7. The highest BCUT2D eigenvalue weighted by Crippen LogP contribution is 2.37. The molecule has 1 fully saturated rings. The van der Waals surface area contributed by atoms with E-state index in [1.54, 1.807) is 12.1 Å². The molecule has 1 heterocycles. The van der Waals surface area contributed by atoms with E-state index in [0.717, 1.165) is 35.1 Å². The molecule has 0 spiro atoms. The average Bonchev–Trinajstić information content (AvgIpc) is 3.46. The number of hydrogen-bond donors (Lipinski definition) is 1. The average molecular weight is 439 g/mol. The fraction of sp³-hybridized carbons (Fsp3) is 0.375. The van der Waals surface area contributed by atoms with Crippen molar-refractivity contribution in [2.45, 2.75) is 43.2 Å². The smallest absolute Gasteiger partial charge is 0.227 e. The SMILES string of the molecule is CSc1nnc(CCNC(=O)C(c2ccccc2)C2CCCC2)n1-c1ccc(F)cc1. The van der Waals surface area contributed by atoms with Gasteiger partial charge in [0.15, 0.2) is 5.16 Å². The van der Waals surface area contributed by atoms with Crippen molar-refractivity contribution in [1.82, 2.24) is 20.1 Å². The van der Waals surface area contributed by atoms with Gasteiger partial charge < -0.3 is 5.32 Å². The van der Waals surface area contributed by atoms with Gasteiger partial charge in [0.05, 0.1) is 5.92 Å². The third-order valence-corrected chi connectivity index (χ3v) is 6.56. The fourth-order valence-electron chi connectivity index (χ4n) is 4.44. The highest BCUT2D eigenvalue weighted by atomic mass is 32.2. The molecule has 7 heteroatoms. The van der Waals surface area contributed by atoms with Gasteiger partial charge in [-0.05, 0) is 54.8 Å². The summed E-state index contributed by atoms with van der Waals surface area (Å²) in [4.78, 5) is 13.2. The van der Waals surface area contributed by atoms with Crippen molar-refractivity contribution < 1.29 is 9.18 Å². The Kier molecular flexibility index (Phi) is 7.02. The minimum Gasteiger partial charge on any atom is -0.355 e. The summed E-state index contributed by atoms with van der Waals surface area (Å²) in [7, 11) is 0. The van der Waals surface area contributed by atoms with Crippen molar-refractivity contribution in [1.29, 1.82) is 0 Å². The molecule has 5 nitrogen and oxygen atoms in total. The Morgan fingerprint density at radius 2 is 1.84 bits per heavy atom. The van der Waals surface area contributed by atoms with Crippen molar-refractivity contribution >= 4 is 17.7 Å². The van der Waals surface area contributed by atoms with Crippen LogP contribution in [0.3, 0.4) is 0 Å². The van der Waals surface area contributed by atoms with E-state index in [9.17, 15) is 9.18 Å². The number of halogens is 1. The third-order valence-electron chi connectivity index (χ3n) is 5.93. The van der Waals surface area contributed by atoms with E-state index in [1.807, 2.05) is 29.0 Å². The maximum absolute atomic E-state index is 13.4. The molecule has 0 aliphatic heterocycles. The summed E-state index contributed by atoms with van der Waals surface area (Å²) in [6.45, 7) is 0.475. The Labute approximate surface area is 186 Å². The Bertz CT molecular complexity index is 1000. The molecule has 4 rings (SSSR count). The van der Waals surface area contributed by atoms with Gasteiger partial charge in [0, 0.05) is 18.7 Å². The summed E-state index contributed by atoms with van der Waals surface area (Å²) in [5.41, 5.74) is 1.90. The van der Waals surface area contributed by atoms with Crippen LogP contribution in [0.25, 0.3) is 5.69 Å². The van der Waals surface area contributed by atoms with E-state index in [1.165, 1.54) is 36.7 Å². The zero-order valence-corrected chi connectivity index (χ0v) is 18.4. The summed E-state index contributed by atoms with van der Waals surface area (Å²) in [5.74, 6) is 0.827. The molecule has 162 valence electrons. The number of amides is 1. The maximum atomic E-state index is 13.4. The number of benzene rings is 2. The molecular formula is C24H27FN4OS. The van der Waals surface area contributed by atoms with Crippen molar-refractivity contribution in [2.24, 2.45) is 5.92 Å². The van der Waals surface area contributed by atoms with Crippen LogP contribution in [0.5, 0.6) is 0 Å². The van der Waals surface area contributed by atoms with Gasteiger partial charge in [-0.1, -0.05) is 54.9 Å². The fourth-order valence-corrected chi connectivity index (χ4v) is 4.96. The van der Waals surface area contributed by atoms with Gasteiger partial charge >= 0.3 is 0 Å². The van der Waals surface area contributed by atoms with E-state index in [-0.39, 0.29) is 17.6 Å². The van der Waals surface area contributed by atoms with E-state index < -0.39 is 0 Å². The number of hydrogen-bond acceptors (Lipinski definition) is 4. The molecule has 0 saturated heterocycles. The minimum atomic E-state index is -0.282. The second kappa shape index (κ2) is 10.1. The topological polar surface area (TPSA) is 59.8 Å². The lowest BCUT2D eigenvalue weighted by Gasteiger charge is -2.23. The van der Waals surface area contributed by atoms with Gasteiger partial charge in [0.1, 0.15) is 11.6 Å². The number of carbonyl (C=O) groups is 1. The maximum Gasteiger partial charge on any atom is 0.227 e. The summed E-state index contributed by atoms with van der Waals surface area (Å²) in [5, 5.41) is 12.4. The van der Waals surface area contributed by atoms with Gasteiger partial charge in [0.25, 0.3) is 0 Å². The van der Waals surface area contributed by atoms with Crippen molar-refractivity contribution in [3.8, 4) is 5.69 Å². The second-order valence-electron chi connectivity index (χ2n) is 7.89. The highest BCUT2D eigenvalue weighted by molar-refractivity contribution is 7.98. The molecule has 1 N–H and O–H groups in total. The van der Waals surface area contributed by atoms with Gasteiger partial charge in [0.2, 0.25) is 5.91 Å². The predicted molar refractivity (Wildman–Crippen MR) is 121 cm³/mol. The standard InChI is InChI=1S/C24H27FN4OS/c1-31-24-28-27-21(29(24)20-13-11-19(25)12-14-20)15-16-26-23(30)22(18-9-5-6-10-18)17-7-3-2-4-8-17/h2-4,7-8,11-14,18,22H,5-6,9-10,15-16H2,1H3,(H,26,30). The summed E-state index contributed by atoms with van der Waals surface area (Å²) in [6, 6.07) is 16.4. The van der Waals surface area contributed by atoms with Gasteiger partial charge in [-0.3, -0.25) is 9.36 Å². The molecule has 1 amide bonds. The summed E-state index contributed by atoms with van der Waals surface area (Å²) in [6.07, 6.45) is 7.06. The molecule has 31 heavy (non-hydrogen) atoms. The van der Waals surface area contributed by atoms with Crippen molar-refractivity contribution in [3.63, 3.8) is 0 Å². The van der Waals surface area contributed by atoms with E-state index in [2.05, 4.69) is 27.6 Å². The zero-order chi connectivity index (χ0) is 21.6. The lowest BCUT2D eigenvalue weighted by Crippen LogP contribution is -2.34. The van der Waals surface area contributed by atoms with Crippen LogP contribution < -0.4 is 5.32 Å². The summed E-state index contributed by atoms with van der Waals surface area (Å²) >= 11 is 1.48. The third kappa shape index (κ3) is 4.98. The first kappa shape index (κ1) is 21.6. The Balaban J connectivity index is 1.46. The molecular weight excluding hydrogens is 411 g/mol. The molecule has 1 saturated carbocycles. The Morgan fingerprint density at radius 1 is 1.13 bits per heavy atom. The number of rotatable bonds is 8. The second-order valence-corrected chi connectivity index (χ2v) is 8.66. The van der Waals surface area contributed by atoms with Gasteiger partial charge in [-0.15, -0.1) is 10.2 Å². The van der Waals surface area contributed by atoms with Crippen LogP contribution in [-0.2, 0) is 11.2 Å². The number of aromatic nitrogens is 3.